The summed E-state index contributed by atoms with van der Waals surface area (Å²) in [7, 11) is 0. The quantitative estimate of drug-likeness (QED) is 0.423. The highest BCUT2D eigenvalue weighted by Crippen LogP contribution is 1.81. The van der Waals surface area contributed by atoms with Gasteiger partial charge < -0.3 is 0 Å². The Balaban J connectivity index is 0. The molecule has 0 aromatic rings. The van der Waals surface area contributed by atoms with E-state index in [-0.39, 0.29) is 7.43 Å². The molecular formula is C6H9. The van der Waals surface area contributed by atoms with Crippen LogP contribution in [0.5, 0.6) is 0 Å². The summed E-state index contributed by atoms with van der Waals surface area (Å²) in [4.78, 5) is 0. The van der Waals surface area contributed by atoms with Gasteiger partial charge in [0.25, 0.3) is 0 Å². The minimum absolute atomic E-state index is 0. The lowest BCUT2D eigenvalue weighted by Gasteiger charge is -1.71. The van der Waals surface area contributed by atoms with Crippen molar-refractivity contribution < 1.29 is 0 Å². The first-order chi connectivity index (χ1) is 2.27. The molecule has 0 aromatic heterocycles. The maximum absolute atomic E-state index is 3.56. The molecule has 0 fully saturated rings. The van der Waals surface area contributed by atoms with Gasteiger partial charge in [-0.2, -0.15) is 0 Å². The van der Waals surface area contributed by atoms with Gasteiger partial charge in [0.1, 0.15) is 0 Å². The molecule has 0 bridgehead atoms. The van der Waals surface area contributed by atoms with Gasteiger partial charge in [-0.15, -0.1) is 0 Å². The maximum Gasteiger partial charge on any atom is -0.0312 e. The van der Waals surface area contributed by atoms with Gasteiger partial charge in [-0.1, -0.05) is 24.8 Å². The van der Waals surface area contributed by atoms with E-state index in [1.54, 1.807) is 6.08 Å². The summed E-state index contributed by atoms with van der Waals surface area (Å²) in [5.74, 6) is 0. The summed E-state index contributed by atoms with van der Waals surface area (Å²) >= 11 is 0. The average Bonchev–Trinajstić information content (AvgIpc) is 1.38. The van der Waals surface area contributed by atoms with Crippen LogP contribution in [0.1, 0.15) is 6.92 Å². The van der Waals surface area contributed by atoms with E-state index in [9.17, 15) is 0 Å². The normalized spacial score (nSPS) is 5.50. The molecule has 0 aliphatic heterocycles. The minimum Gasteiger partial charge on any atom is -0.0988 e. The predicted molar refractivity (Wildman–Crippen MR) is 29.3 cm³/mol. The summed E-state index contributed by atoms with van der Waals surface area (Å²) in [6.07, 6.45) is 1.72. The smallest absolute Gasteiger partial charge is 0.0312 e. The molecule has 0 N–H and O–H groups in total. The highest BCUT2D eigenvalue weighted by atomic mass is 13.7. The van der Waals surface area contributed by atoms with Crippen LogP contribution in [0.4, 0.5) is 0 Å². The molecule has 0 unspecified atom stereocenters. The van der Waals surface area contributed by atoms with Gasteiger partial charge in [0.15, 0.2) is 0 Å². The van der Waals surface area contributed by atoms with E-state index in [4.69, 9.17) is 0 Å². The van der Waals surface area contributed by atoms with E-state index in [1.165, 1.54) is 0 Å². The van der Waals surface area contributed by atoms with Gasteiger partial charge in [-0.05, 0) is 14.4 Å². The molecule has 0 atom stereocenters. The summed E-state index contributed by atoms with van der Waals surface area (Å²) in [6.45, 7) is 8.93. The summed E-state index contributed by atoms with van der Waals surface area (Å²) in [6, 6.07) is 0. The van der Waals surface area contributed by atoms with Crippen molar-refractivity contribution in [3.8, 4) is 0 Å². The Morgan fingerprint density at radius 3 is 1.83 bits per heavy atom. The van der Waals surface area contributed by atoms with E-state index in [1.807, 2.05) is 6.92 Å². The second kappa shape index (κ2) is 4.48. The summed E-state index contributed by atoms with van der Waals surface area (Å²) in [5.41, 5.74) is 1.02. The molecule has 0 rings (SSSR count). The molecule has 0 aliphatic rings. The van der Waals surface area contributed by atoms with E-state index >= 15 is 0 Å². The topological polar surface area (TPSA) is 0 Å². The number of hydrogen-bond acceptors (Lipinski definition) is 0. The molecule has 33 valence electrons. The van der Waals surface area contributed by atoms with Gasteiger partial charge >= 0.3 is 0 Å². The molecule has 0 nitrogen and oxygen atoms in total. The van der Waals surface area contributed by atoms with Crippen LogP contribution in [0.15, 0.2) is 24.8 Å². The molecule has 0 aliphatic carbocycles. The molecule has 3 radical (unpaired) electrons. The van der Waals surface area contributed by atoms with Crippen LogP contribution in [0.25, 0.3) is 0 Å². The lowest BCUT2D eigenvalue weighted by molar-refractivity contribution is 1.58. The maximum atomic E-state index is 3.56. The monoisotopic (exact) mass is 81.1 g/mol. The molecular weight excluding hydrogens is 72.1 g/mol. The van der Waals surface area contributed by atoms with Crippen LogP contribution in [0.2, 0.25) is 0 Å². The van der Waals surface area contributed by atoms with Crippen LogP contribution in [0.3, 0.4) is 0 Å². The molecule has 0 spiro atoms. The van der Waals surface area contributed by atoms with Crippen LogP contribution in [0, 0.1) is 7.43 Å². The Morgan fingerprint density at radius 2 is 1.83 bits per heavy atom. The molecule has 0 saturated carbocycles. The van der Waals surface area contributed by atoms with Crippen molar-refractivity contribution in [2.24, 2.45) is 0 Å². The van der Waals surface area contributed by atoms with Crippen molar-refractivity contribution in [3.05, 3.63) is 32.2 Å². The van der Waals surface area contributed by atoms with Crippen LogP contribution in [-0.2, 0) is 0 Å². The molecule has 0 saturated heterocycles. The van der Waals surface area contributed by atoms with Crippen molar-refractivity contribution in [2.75, 3.05) is 0 Å². The van der Waals surface area contributed by atoms with Crippen molar-refractivity contribution in [3.63, 3.8) is 0 Å². The highest BCUT2D eigenvalue weighted by Gasteiger charge is 1.59. The van der Waals surface area contributed by atoms with E-state index in [2.05, 4.69) is 13.2 Å². The Kier molecular flexibility index (Phi) is 6.78. The Labute approximate surface area is 40.2 Å². The third-order valence-corrected chi connectivity index (χ3v) is 0.348. The minimum atomic E-state index is 0. The van der Waals surface area contributed by atoms with Gasteiger partial charge in [0, 0.05) is 0 Å². The first kappa shape index (κ1) is 9.08. The van der Waals surface area contributed by atoms with Crippen LogP contribution in [-0.4, -0.2) is 0 Å². The molecule has 0 heteroatoms. The summed E-state index contributed by atoms with van der Waals surface area (Å²) in [5, 5.41) is 0. The molecule has 0 heterocycles. The van der Waals surface area contributed by atoms with Gasteiger partial charge in [0.05, 0.1) is 0 Å². The van der Waals surface area contributed by atoms with Crippen LogP contribution < -0.4 is 0 Å². The fourth-order valence-electron chi connectivity index (χ4n) is 0. The zero-order chi connectivity index (χ0) is 4.28. The highest BCUT2D eigenvalue weighted by molar-refractivity contribution is 5.05. The molecule has 0 aromatic carbocycles. The fraction of sp³-hybridized carbons (Fsp3) is 0.167. The Hall–Kier alpha value is -0.520. The van der Waals surface area contributed by atoms with Gasteiger partial charge in [0.2, 0.25) is 0 Å². The molecule has 0 amide bonds. The zero-order valence-corrected chi connectivity index (χ0v) is 4.07. The lowest BCUT2D eigenvalue weighted by atomic mass is 10.4. The Morgan fingerprint density at radius 1 is 1.67 bits per heavy atom. The second-order valence-electron chi connectivity index (χ2n) is 1.05. The second-order valence-corrected chi connectivity index (χ2v) is 1.05. The van der Waals surface area contributed by atoms with Gasteiger partial charge in [-0.25, -0.2) is 0 Å². The molecule has 6 heavy (non-hydrogen) atoms. The fourth-order valence-corrected chi connectivity index (χ4v) is 0. The summed E-state index contributed by atoms with van der Waals surface area (Å²) < 4.78 is 0. The van der Waals surface area contributed by atoms with Crippen LogP contribution >= 0.6 is 0 Å². The lowest BCUT2D eigenvalue weighted by Crippen LogP contribution is -1.50. The van der Waals surface area contributed by atoms with Crippen molar-refractivity contribution in [1.29, 1.82) is 0 Å². The van der Waals surface area contributed by atoms with E-state index in [0.717, 1.165) is 5.57 Å². The largest absolute Gasteiger partial charge is 0.0988 e. The van der Waals surface area contributed by atoms with E-state index < -0.39 is 0 Å². The number of rotatable bonds is 1. The van der Waals surface area contributed by atoms with Crippen molar-refractivity contribution in [1.82, 2.24) is 0 Å². The predicted octanol–water partition coefficient (Wildman–Crippen LogP) is 1.95. The number of hydrogen-bond donors (Lipinski definition) is 0. The standard InChI is InChI=1S/C5H8.CH/c1-4-5(2)3;/h4H,1-2H2,3H3;1H. The SMILES string of the molecule is C=CC(=C)C.[CH]. The van der Waals surface area contributed by atoms with E-state index in [0.29, 0.717) is 0 Å². The van der Waals surface area contributed by atoms with Crippen molar-refractivity contribution in [2.45, 2.75) is 6.92 Å². The number of allylic oxidation sites excluding steroid dienone is 2. The third kappa shape index (κ3) is 9.77. The Bertz CT molecular complexity index is 51.1. The van der Waals surface area contributed by atoms with Crippen molar-refractivity contribution >= 4 is 0 Å². The zero-order valence-electron chi connectivity index (χ0n) is 4.07. The average molecular weight is 81.1 g/mol. The first-order valence-corrected chi connectivity index (χ1v) is 1.55. The van der Waals surface area contributed by atoms with Gasteiger partial charge in [-0.3, -0.25) is 0 Å². The first-order valence-electron chi connectivity index (χ1n) is 1.55. The third-order valence-electron chi connectivity index (χ3n) is 0.348.